The van der Waals surface area contributed by atoms with Crippen molar-refractivity contribution in [1.82, 2.24) is 4.98 Å². The maximum atomic E-state index is 13.5. The normalized spacial score (nSPS) is 10.5. The summed E-state index contributed by atoms with van der Waals surface area (Å²) in [6.45, 7) is 0. The number of aromatic nitrogens is 1. The summed E-state index contributed by atoms with van der Waals surface area (Å²) in [6.07, 6.45) is 0. The van der Waals surface area contributed by atoms with Gasteiger partial charge in [-0.15, -0.1) is 11.3 Å². The van der Waals surface area contributed by atoms with E-state index in [9.17, 15) is 4.39 Å². The second-order valence-corrected chi connectivity index (χ2v) is 5.49. The number of rotatable bonds is 4. The second-order valence-electron chi connectivity index (χ2n) is 4.63. The number of methoxy groups -OCH3 is 1. The van der Waals surface area contributed by atoms with Crippen LogP contribution in [-0.2, 0) is 0 Å². The third kappa shape index (κ3) is 3.01. The van der Waals surface area contributed by atoms with Crippen LogP contribution in [0.3, 0.4) is 0 Å². The van der Waals surface area contributed by atoms with Crippen LogP contribution in [0, 0.1) is 5.82 Å². The number of nitrogens with zero attached hydrogens (tertiary/aromatic N) is 1. The average molecular weight is 315 g/mol. The van der Waals surface area contributed by atoms with Gasteiger partial charge in [0, 0.05) is 22.3 Å². The fourth-order valence-electron chi connectivity index (χ4n) is 2.03. The van der Waals surface area contributed by atoms with Gasteiger partial charge < -0.3 is 15.8 Å². The van der Waals surface area contributed by atoms with E-state index in [0.29, 0.717) is 27.8 Å². The van der Waals surface area contributed by atoms with Crippen LogP contribution in [0.5, 0.6) is 5.75 Å². The molecule has 0 atom stereocenters. The maximum absolute atomic E-state index is 13.5. The molecule has 6 heteroatoms. The third-order valence-corrected chi connectivity index (χ3v) is 3.86. The van der Waals surface area contributed by atoms with Crippen LogP contribution < -0.4 is 15.8 Å². The van der Waals surface area contributed by atoms with E-state index in [0.717, 1.165) is 5.69 Å². The molecule has 0 amide bonds. The SMILES string of the molecule is COc1ccc(F)cc1-c1csc(Nc2ccc(N)cc2)n1. The van der Waals surface area contributed by atoms with E-state index in [2.05, 4.69) is 10.3 Å². The monoisotopic (exact) mass is 315 g/mol. The van der Waals surface area contributed by atoms with Crippen molar-refractivity contribution in [2.24, 2.45) is 0 Å². The summed E-state index contributed by atoms with van der Waals surface area (Å²) in [6, 6.07) is 11.7. The van der Waals surface area contributed by atoms with E-state index in [1.807, 2.05) is 29.6 Å². The largest absolute Gasteiger partial charge is 0.496 e. The molecule has 0 aliphatic heterocycles. The van der Waals surface area contributed by atoms with Crippen molar-refractivity contribution in [3.8, 4) is 17.0 Å². The summed E-state index contributed by atoms with van der Waals surface area (Å²) in [4.78, 5) is 4.48. The Hall–Kier alpha value is -2.60. The van der Waals surface area contributed by atoms with Crippen LogP contribution in [-0.4, -0.2) is 12.1 Å². The van der Waals surface area contributed by atoms with Crippen molar-refractivity contribution >= 4 is 27.8 Å². The van der Waals surface area contributed by atoms with Crippen LogP contribution in [0.25, 0.3) is 11.3 Å². The fourth-order valence-corrected chi connectivity index (χ4v) is 2.76. The van der Waals surface area contributed by atoms with Gasteiger partial charge >= 0.3 is 0 Å². The van der Waals surface area contributed by atoms with Gasteiger partial charge in [0.25, 0.3) is 0 Å². The lowest BCUT2D eigenvalue weighted by atomic mass is 10.1. The molecular weight excluding hydrogens is 301 g/mol. The molecular formula is C16H14FN3OS. The molecule has 1 heterocycles. The molecule has 4 nitrogen and oxygen atoms in total. The molecule has 1 aromatic heterocycles. The maximum Gasteiger partial charge on any atom is 0.187 e. The molecule has 0 fully saturated rings. The van der Waals surface area contributed by atoms with E-state index in [1.54, 1.807) is 13.2 Å². The molecule has 2 aromatic carbocycles. The molecule has 3 aromatic rings. The lowest BCUT2D eigenvalue weighted by molar-refractivity contribution is 0.415. The summed E-state index contributed by atoms with van der Waals surface area (Å²) in [5.74, 6) is 0.266. The predicted molar refractivity (Wildman–Crippen MR) is 88.2 cm³/mol. The number of benzene rings is 2. The van der Waals surface area contributed by atoms with Gasteiger partial charge in [-0.2, -0.15) is 0 Å². The molecule has 112 valence electrons. The van der Waals surface area contributed by atoms with Gasteiger partial charge in [0.2, 0.25) is 0 Å². The lowest BCUT2D eigenvalue weighted by Crippen LogP contribution is -1.92. The van der Waals surface area contributed by atoms with Gasteiger partial charge in [-0.1, -0.05) is 0 Å². The molecule has 0 aliphatic carbocycles. The Labute approximate surface area is 131 Å². The molecule has 0 unspecified atom stereocenters. The van der Waals surface area contributed by atoms with Crippen molar-refractivity contribution in [2.45, 2.75) is 0 Å². The highest BCUT2D eigenvalue weighted by atomic mass is 32.1. The Morgan fingerprint density at radius 1 is 1.18 bits per heavy atom. The van der Waals surface area contributed by atoms with Crippen LogP contribution in [0.1, 0.15) is 0 Å². The molecule has 0 saturated carbocycles. The highest BCUT2D eigenvalue weighted by molar-refractivity contribution is 7.14. The minimum atomic E-state index is -0.322. The number of nitrogens with two attached hydrogens (primary N) is 1. The Balaban J connectivity index is 1.87. The number of hydrogen-bond acceptors (Lipinski definition) is 5. The first-order valence-corrected chi connectivity index (χ1v) is 7.45. The van der Waals surface area contributed by atoms with Gasteiger partial charge in [0.05, 0.1) is 12.8 Å². The van der Waals surface area contributed by atoms with Gasteiger partial charge in [-0.05, 0) is 42.5 Å². The van der Waals surface area contributed by atoms with Crippen LogP contribution >= 0.6 is 11.3 Å². The number of ether oxygens (including phenoxy) is 1. The van der Waals surface area contributed by atoms with Crippen LogP contribution in [0.2, 0.25) is 0 Å². The van der Waals surface area contributed by atoms with Gasteiger partial charge in [0.15, 0.2) is 5.13 Å². The fraction of sp³-hybridized carbons (Fsp3) is 0.0625. The number of halogens is 1. The molecule has 0 spiro atoms. The van der Waals surface area contributed by atoms with Gasteiger partial charge in [-0.3, -0.25) is 0 Å². The minimum Gasteiger partial charge on any atom is -0.496 e. The summed E-state index contributed by atoms with van der Waals surface area (Å²) >= 11 is 1.44. The Morgan fingerprint density at radius 3 is 2.68 bits per heavy atom. The highest BCUT2D eigenvalue weighted by Gasteiger charge is 2.11. The summed E-state index contributed by atoms with van der Waals surface area (Å²) in [5.41, 5.74) is 8.54. The first kappa shape index (κ1) is 14.3. The van der Waals surface area contributed by atoms with Crippen molar-refractivity contribution in [3.05, 3.63) is 53.7 Å². The van der Waals surface area contributed by atoms with Crippen molar-refractivity contribution in [2.75, 3.05) is 18.2 Å². The third-order valence-electron chi connectivity index (χ3n) is 3.10. The Kier molecular flexibility index (Phi) is 3.93. The molecule has 0 aliphatic rings. The minimum absolute atomic E-state index is 0.322. The van der Waals surface area contributed by atoms with E-state index in [-0.39, 0.29) is 5.82 Å². The smallest absolute Gasteiger partial charge is 0.187 e. The van der Waals surface area contributed by atoms with Gasteiger partial charge in [-0.25, -0.2) is 9.37 Å². The molecule has 3 rings (SSSR count). The Morgan fingerprint density at radius 2 is 1.95 bits per heavy atom. The summed E-state index contributed by atoms with van der Waals surface area (Å²) in [5, 5.41) is 5.76. The molecule has 0 saturated heterocycles. The van der Waals surface area contributed by atoms with E-state index in [1.165, 1.54) is 23.5 Å². The zero-order valence-corrected chi connectivity index (χ0v) is 12.7. The first-order chi connectivity index (χ1) is 10.7. The summed E-state index contributed by atoms with van der Waals surface area (Å²) < 4.78 is 18.7. The Bertz CT molecular complexity index is 786. The topological polar surface area (TPSA) is 60.2 Å². The number of thiazole rings is 1. The van der Waals surface area contributed by atoms with Gasteiger partial charge in [0.1, 0.15) is 11.6 Å². The molecule has 3 N–H and O–H groups in total. The average Bonchev–Trinajstić information content (AvgIpc) is 2.98. The van der Waals surface area contributed by atoms with Crippen LogP contribution in [0.15, 0.2) is 47.8 Å². The van der Waals surface area contributed by atoms with E-state index >= 15 is 0 Å². The number of anilines is 3. The molecule has 22 heavy (non-hydrogen) atoms. The lowest BCUT2D eigenvalue weighted by Gasteiger charge is -2.06. The van der Waals surface area contributed by atoms with E-state index < -0.39 is 0 Å². The van der Waals surface area contributed by atoms with Crippen molar-refractivity contribution in [1.29, 1.82) is 0 Å². The predicted octanol–water partition coefficient (Wildman–Crippen LogP) is 4.28. The first-order valence-electron chi connectivity index (χ1n) is 6.58. The zero-order chi connectivity index (χ0) is 15.5. The van der Waals surface area contributed by atoms with Crippen molar-refractivity contribution in [3.63, 3.8) is 0 Å². The number of nitrogen functional groups attached to an aromatic ring is 1. The van der Waals surface area contributed by atoms with E-state index in [4.69, 9.17) is 10.5 Å². The molecule has 0 radical (unpaired) electrons. The number of hydrogen-bond donors (Lipinski definition) is 2. The standard InChI is InChI=1S/C16H14FN3OS/c1-21-15-7-2-10(17)8-13(15)14-9-22-16(20-14)19-12-5-3-11(18)4-6-12/h2-9H,18H2,1H3,(H,19,20). The number of nitrogens with one attached hydrogen (secondary N) is 1. The molecule has 0 bridgehead atoms. The van der Waals surface area contributed by atoms with Crippen LogP contribution in [0.4, 0.5) is 20.9 Å². The summed E-state index contributed by atoms with van der Waals surface area (Å²) in [7, 11) is 1.55. The quantitative estimate of drug-likeness (QED) is 0.705. The highest BCUT2D eigenvalue weighted by Crippen LogP contribution is 2.33. The zero-order valence-electron chi connectivity index (χ0n) is 11.8. The van der Waals surface area contributed by atoms with Crippen molar-refractivity contribution < 1.29 is 9.13 Å². The second kappa shape index (κ2) is 6.03.